The maximum atomic E-state index is 12.0. The van der Waals surface area contributed by atoms with Crippen LogP contribution in [0.5, 0.6) is 0 Å². The molecule has 0 aliphatic carbocycles. The van der Waals surface area contributed by atoms with Crippen LogP contribution in [0.1, 0.15) is 27.5 Å². The van der Waals surface area contributed by atoms with Crippen LogP contribution in [0.15, 0.2) is 54.6 Å². The van der Waals surface area contributed by atoms with Gasteiger partial charge in [-0.1, -0.05) is 48.5 Å². The maximum absolute atomic E-state index is 12.0. The van der Waals surface area contributed by atoms with Crippen molar-refractivity contribution in [3.05, 3.63) is 71.3 Å². The summed E-state index contributed by atoms with van der Waals surface area (Å²) in [6.45, 7) is 0. The van der Waals surface area contributed by atoms with Gasteiger partial charge in [-0.05, 0) is 17.2 Å². The Kier molecular flexibility index (Phi) is 3.85. The van der Waals surface area contributed by atoms with E-state index in [0.717, 1.165) is 11.8 Å². The van der Waals surface area contributed by atoms with Gasteiger partial charge in [0, 0.05) is 5.56 Å². The van der Waals surface area contributed by atoms with Crippen LogP contribution in [-0.2, 0) is 4.79 Å². The van der Waals surface area contributed by atoms with Gasteiger partial charge in [0.2, 0.25) is 0 Å². The number of aldehydes is 1. The summed E-state index contributed by atoms with van der Waals surface area (Å²) in [5, 5.41) is 19.2. The zero-order valence-corrected chi connectivity index (χ0v) is 12.2. The summed E-state index contributed by atoms with van der Waals surface area (Å²) in [4.78, 5) is 22.9. The standard InChI is InChI=1S/C18H15N3O2/c19-15(12-6-2-1-3-7-12)14-16(20)18(23)21-17(14)13-8-4-5-11(9-13)10-22/h1-10,14,17,19-20H,(H,21,23). The molecule has 1 heterocycles. The van der Waals surface area contributed by atoms with E-state index >= 15 is 0 Å². The Bertz CT molecular complexity index is 799. The van der Waals surface area contributed by atoms with Crippen molar-refractivity contribution in [2.45, 2.75) is 6.04 Å². The summed E-state index contributed by atoms with van der Waals surface area (Å²) in [7, 11) is 0. The summed E-state index contributed by atoms with van der Waals surface area (Å²) in [6, 6.07) is 15.4. The van der Waals surface area contributed by atoms with Crippen LogP contribution in [0.25, 0.3) is 0 Å². The minimum atomic E-state index is -0.674. The zero-order chi connectivity index (χ0) is 16.4. The van der Waals surface area contributed by atoms with Crippen molar-refractivity contribution in [1.82, 2.24) is 5.32 Å². The first-order chi connectivity index (χ1) is 11.1. The fraction of sp³-hybridized carbons (Fsp3) is 0.111. The van der Waals surface area contributed by atoms with Crippen LogP contribution < -0.4 is 5.32 Å². The van der Waals surface area contributed by atoms with Gasteiger partial charge in [-0.25, -0.2) is 0 Å². The Hall–Kier alpha value is -3.08. The van der Waals surface area contributed by atoms with Crippen LogP contribution in [0.2, 0.25) is 0 Å². The van der Waals surface area contributed by atoms with Gasteiger partial charge in [0.05, 0.1) is 17.7 Å². The first-order valence-electron chi connectivity index (χ1n) is 7.20. The molecule has 1 aliphatic rings. The molecule has 0 spiro atoms. The molecule has 2 unspecified atom stereocenters. The Morgan fingerprint density at radius 1 is 1.09 bits per heavy atom. The molecule has 5 nitrogen and oxygen atoms in total. The number of carbonyl (C=O) groups is 2. The van der Waals surface area contributed by atoms with Crippen molar-refractivity contribution in [1.29, 1.82) is 10.8 Å². The van der Waals surface area contributed by atoms with E-state index in [1.54, 1.807) is 36.4 Å². The lowest BCUT2D eigenvalue weighted by Gasteiger charge is -2.20. The largest absolute Gasteiger partial charge is 0.343 e. The molecule has 114 valence electrons. The highest BCUT2D eigenvalue weighted by molar-refractivity contribution is 6.45. The molecule has 2 aromatic rings. The number of hydrogen-bond acceptors (Lipinski definition) is 4. The lowest BCUT2D eigenvalue weighted by molar-refractivity contribution is -0.114. The van der Waals surface area contributed by atoms with Gasteiger partial charge >= 0.3 is 0 Å². The molecule has 23 heavy (non-hydrogen) atoms. The third-order valence-electron chi connectivity index (χ3n) is 3.98. The van der Waals surface area contributed by atoms with Crippen LogP contribution in [-0.4, -0.2) is 23.6 Å². The van der Waals surface area contributed by atoms with E-state index in [2.05, 4.69) is 5.32 Å². The minimum absolute atomic E-state index is 0.125. The van der Waals surface area contributed by atoms with E-state index in [-0.39, 0.29) is 11.4 Å². The summed E-state index contributed by atoms with van der Waals surface area (Å²) in [5.41, 5.74) is 1.99. The molecule has 3 rings (SSSR count). The average molecular weight is 305 g/mol. The Morgan fingerprint density at radius 3 is 2.52 bits per heavy atom. The van der Waals surface area contributed by atoms with Crippen LogP contribution in [0.4, 0.5) is 0 Å². The van der Waals surface area contributed by atoms with Crippen molar-refractivity contribution in [2.75, 3.05) is 0 Å². The number of hydrogen-bond donors (Lipinski definition) is 3. The number of amides is 1. The van der Waals surface area contributed by atoms with E-state index in [9.17, 15) is 9.59 Å². The Balaban J connectivity index is 2.01. The highest BCUT2D eigenvalue weighted by Crippen LogP contribution is 2.31. The molecular weight excluding hydrogens is 290 g/mol. The van der Waals surface area contributed by atoms with E-state index in [1.807, 2.05) is 18.2 Å². The van der Waals surface area contributed by atoms with Crippen molar-refractivity contribution in [3.8, 4) is 0 Å². The van der Waals surface area contributed by atoms with Crippen molar-refractivity contribution in [2.24, 2.45) is 5.92 Å². The maximum Gasteiger partial charge on any atom is 0.266 e. The summed E-state index contributed by atoms with van der Waals surface area (Å²) < 4.78 is 0. The first kappa shape index (κ1) is 14.8. The normalized spacial score (nSPS) is 20.2. The molecule has 0 aromatic heterocycles. The van der Waals surface area contributed by atoms with Gasteiger partial charge in [0.25, 0.3) is 5.91 Å². The molecule has 0 radical (unpaired) electrons. The summed E-state index contributed by atoms with van der Waals surface area (Å²) in [5.74, 6) is -1.15. The van der Waals surface area contributed by atoms with Crippen LogP contribution in [0.3, 0.4) is 0 Å². The quantitative estimate of drug-likeness (QED) is 0.597. The van der Waals surface area contributed by atoms with Gasteiger partial charge in [-0.3, -0.25) is 15.0 Å². The smallest absolute Gasteiger partial charge is 0.266 e. The second kappa shape index (κ2) is 5.96. The van der Waals surface area contributed by atoms with Crippen LogP contribution >= 0.6 is 0 Å². The average Bonchev–Trinajstić information content (AvgIpc) is 2.90. The number of benzene rings is 2. The van der Waals surface area contributed by atoms with Crippen LogP contribution in [0, 0.1) is 16.7 Å². The van der Waals surface area contributed by atoms with Crippen molar-refractivity contribution in [3.63, 3.8) is 0 Å². The molecule has 2 aromatic carbocycles. The lowest BCUT2D eigenvalue weighted by atomic mass is 9.85. The third kappa shape index (κ3) is 2.68. The molecule has 2 atom stereocenters. The zero-order valence-electron chi connectivity index (χ0n) is 12.2. The number of nitrogens with one attached hydrogen (secondary N) is 3. The molecule has 1 aliphatic heterocycles. The van der Waals surface area contributed by atoms with Gasteiger partial charge in [0.1, 0.15) is 12.0 Å². The molecule has 1 amide bonds. The van der Waals surface area contributed by atoms with E-state index in [1.165, 1.54) is 0 Å². The lowest BCUT2D eigenvalue weighted by Crippen LogP contribution is -2.26. The molecule has 1 saturated heterocycles. The van der Waals surface area contributed by atoms with Gasteiger partial charge in [-0.15, -0.1) is 0 Å². The Morgan fingerprint density at radius 2 is 1.83 bits per heavy atom. The predicted molar refractivity (Wildman–Crippen MR) is 87.2 cm³/mol. The second-order valence-corrected chi connectivity index (χ2v) is 5.41. The molecule has 1 fully saturated rings. The number of rotatable bonds is 4. The van der Waals surface area contributed by atoms with E-state index < -0.39 is 17.9 Å². The molecule has 0 bridgehead atoms. The van der Waals surface area contributed by atoms with E-state index in [0.29, 0.717) is 11.1 Å². The molecule has 5 heteroatoms. The predicted octanol–water partition coefficient (Wildman–Crippen LogP) is 2.37. The highest BCUT2D eigenvalue weighted by atomic mass is 16.2. The molecule has 0 saturated carbocycles. The summed E-state index contributed by atoms with van der Waals surface area (Å²) in [6.07, 6.45) is 0.739. The first-order valence-corrected chi connectivity index (χ1v) is 7.20. The van der Waals surface area contributed by atoms with Crippen molar-refractivity contribution >= 4 is 23.6 Å². The fourth-order valence-corrected chi connectivity index (χ4v) is 2.82. The van der Waals surface area contributed by atoms with Crippen molar-refractivity contribution < 1.29 is 9.59 Å². The second-order valence-electron chi connectivity index (χ2n) is 5.41. The minimum Gasteiger partial charge on any atom is -0.343 e. The SMILES string of the molecule is N=C1C(=O)NC(c2cccc(C=O)c2)C1C(=N)c1ccccc1. The molecular formula is C18H15N3O2. The third-order valence-corrected chi connectivity index (χ3v) is 3.98. The van der Waals surface area contributed by atoms with Gasteiger partial charge < -0.3 is 10.7 Å². The number of carbonyl (C=O) groups excluding carboxylic acids is 2. The Labute approximate surface area is 133 Å². The van der Waals surface area contributed by atoms with Gasteiger partial charge in [-0.2, -0.15) is 0 Å². The molecule has 3 N–H and O–H groups in total. The fourth-order valence-electron chi connectivity index (χ4n) is 2.82. The highest BCUT2D eigenvalue weighted by Gasteiger charge is 2.41. The topological polar surface area (TPSA) is 93.9 Å². The summed E-state index contributed by atoms with van der Waals surface area (Å²) >= 11 is 0. The monoisotopic (exact) mass is 305 g/mol. The van der Waals surface area contributed by atoms with E-state index in [4.69, 9.17) is 10.8 Å². The van der Waals surface area contributed by atoms with Gasteiger partial charge in [0.15, 0.2) is 0 Å².